The molecule has 0 saturated heterocycles. The largest absolute Gasteiger partial charge is 0.205 e. The number of aryl methyl sites for hydroxylation is 1. The number of thiophene rings is 1. The van der Waals surface area contributed by atoms with E-state index in [9.17, 15) is 0 Å². The van der Waals surface area contributed by atoms with Crippen molar-refractivity contribution in [2.24, 2.45) is 0 Å². The molecule has 0 saturated carbocycles. The van der Waals surface area contributed by atoms with Gasteiger partial charge >= 0.3 is 0 Å². The Kier molecular flexibility index (Phi) is 5.69. The summed E-state index contributed by atoms with van der Waals surface area (Å²) in [6.07, 6.45) is 8.50. The first-order chi connectivity index (χ1) is 7.38. The number of rotatable bonds is 3. The summed E-state index contributed by atoms with van der Waals surface area (Å²) >= 11 is 1.76. The van der Waals surface area contributed by atoms with Crippen LogP contribution < -0.4 is 4.57 Å². The van der Waals surface area contributed by atoms with Crippen molar-refractivity contribution in [1.29, 1.82) is 0 Å². The molecular formula is C13H15INS+. The van der Waals surface area contributed by atoms with E-state index in [2.05, 4.69) is 65.7 Å². The van der Waals surface area contributed by atoms with Gasteiger partial charge < -0.3 is 0 Å². The van der Waals surface area contributed by atoms with E-state index in [0.717, 1.165) is 6.54 Å². The van der Waals surface area contributed by atoms with E-state index >= 15 is 0 Å². The summed E-state index contributed by atoms with van der Waals surface area (Å²) in [5.74, 6) is 0. The van der Waals surface area contributed by atoms with Crippen molar-refractivity contribution < 1.29 is 4.57 Å². The molecule has 0 aromatic carbocycles. The summed E-state index contributed by atoms with van der Waals surface area (Å²) in [6, 6.07) is 8.46. The van der Waals surface area contributed by atoms with E-state index in [1.807, 2.05) is 0 Å². The van der Waals surface area contributed by atoms with Crippen molar-refractivity contribution in [3.63, 3.8) is 0 Å². The topological polar surface area (TPSA) is 3.88 Å². The van der Waals surface area contributed by atoms with Crippen LogP contribution in [0.25, 0.3) is 12.2 Å². The molecule has 0 bridgehead atoms. The Bertz CT molecular complexity index is 431. The van der Waals surface area contributed by atoms with Crippen molar-refractivity contribution in [2.45, 2.75) is 13.5 Å². The van der Waals surface area contributed by atoms with E-state index in [1.54, 1.807) is 11.3 Å². The first-order valence-electron chi connectivity index (χ1n) is 5.09. The average molecular weight is 344 g/mol. The SMILES string of the molecule is CC[n+]1ccc(/C=C/c2cccs2)cc1.I. The molecule has 2 aromatic heterocycles. The summed E-state index contributed by atoms with van der Waals surface area (Å²) in [5, 5.41) is 2.09. The lowest BCUT2D eigenvalue weighted by Gasteiger charge is -1.92. The van der Waals surface area contributed by atoms with Crippen LogP contribution in [0, 0.1) is 0 Å². The molecule has 0 spiro atoms. The maximum atomic E-state index is 2.16. The van der Waals surface area contributed by atoms with Gasteiger partial charge in [-0.1, -0.05) is 12.1 Å². The zero-order chi connectivity index (χ0) is 10.5. The number of hydrogen-bond acceptors (Lipinski definition) is 1. The van der Waals surface area contributed by atoms with Crippen molar-refractivity contribution in [3.8, 4) is 0 Å². The molecule has 0 N–H and O–H groups in total. The van der Waals surface area contributed by atoms with E-state index < -0.39 is 0 Å². The Balaban J connectivity index is 0.00000128. The fourth-order valence-corrected chi connectivity index (χ4v) is 1.97. The molecule has 3 heteroatoms. The predicted molar refractivity (Wildman–Crippen MR) is 81.0 cm³/mol. The average Bonchev–Trinajstić information content (AvgIpc) is 2.80. The second kappa shape index (κ2) is 6.81. The van der Waals surface area contributed by atoms with Crippen LogP contribution in [0.15, 0.2) is 42.0 Å². The van der Waals surface area contributed by atoms with Crippen LogP contribution >= 0.6 is 35.3 Å². The number of nitrogens with zero attached hydrogens (tertiary/aromatic N) is 1. The lowest BCUT2D eigenvalue weighted by molar-refractivity contribution is -0.693. The van der Waals surface area contributed by atoms with Crippen LogP contribution in [0.4, 0.5) is 0 Å². The number of aromatic nitrogens is 1. The second-order valence-electron chi connectivity index (χ2n) is 3.31. The van der Waals surface area contributed by atoms with Gasteiger partial charge in [0.1, 0.15) is 6.54 Å². The molecule has 16 heavy (non-hydrogen) atoms. The molecule has 0 unspecified atom stereocenters. The zero-order valence-electron chi connectivity index (χ0n) is 9.17. The first-order valence-corrected chi connectivity index (χ1v) is 5.97. The van der Waals surface area contributed by atoms with Gasteiger partial charge in [-0.3, -0.25) is 0 Å². The molecule has 0 amide bonds. The number of pyridine rings is 1. The highest BCUT2D eigenvalue weighted by atomic mass is 127. The molecule has 0 fully saturated rings. The smallest absolute Gasteiger partial charge is 0.169 e. The monoisotopic (exact) mass is 344 g/mol. The predicted octanol–water partition coefficient (Wildman–Crippen LogP) is 3.84. The fraction of sp³-hybridized carbons (Fsp3) is 0.154. The molecule has 2 aromatic rings. The maximum Gasteiger partial charge on any atom is 0.169 e. The van der Waals surface area contributed by atoms with Crippen LogP contribution in [0.1, 0.15) is 17.4 Å². The Morgan fingerprint density at radius 1 is 1.19 bits per heavy atom. The molecule has 0 aliphatic carbocycles. The number of hydrogen-bond donors (Lipinski definition) is 0. The molecule has 1 nitrogen and oxygen atoms in total. The molecule has 2 heterocycles. The minimum absolute atomic E-state index is 0. The Morgan fingerprint density at radius 2 is 1.94 bits per heavy atom. The van der Waals surface area contributed by atoms with Gasteiger partial charge in [-0.15, -0.1) is 35.3 Å². The van der Waals surface area contributed by atoms with Crippen LogP contribution in [-0.4, -0.2) is 0 Å². The minimum atomic E-state index is 0. The summed E-state index contributed by atoms with van der Waals surface area (Å²) < 4.78 is 2.16. The molecule has 2 rings (SSSR count). The molecule has 0 atom stereocenters. The molecule has 0 aliphatic rings. The quantitative estimate of drug-likeness (QED) is 0.588. The van der Waals surface area contributed by atoms with Crippen molar-refractivity contribution in [3.05, 3.63) is 52.5 Å². The van der Waals surface area contributed by atoms with Crippen molar-refractivity contribution in [2.75, 3.05) is 0 Å². The second-order valence-corrected chi connectivity index (χ2v) is 4.29. The Labute approximate surface area is 117 Å². The van der Waals surface area contributed by atoms with Crippen molar-refractivity contribution >= 4 is 47.5 Å². The highest BCUT2D eigenvalue weighted by molar-refractivity contribution is 14.0. The summed E-state index contributed by atoms with van der Waals surface area (Å²) in [5.41, 5.74) is 1.24. The normalized spacial score (nSPS) is 10.3. The molecule has 0 radical (unpaired) electrons. The fourth-order valence-electron chi connectivity index (χ4n) is 1.36. The van der Waals surface area contributed by atoms with Gasteiger partial charge in [-0.25, -0.2) is 4.57 Å². The van der Waals surface area contributed by atoms with Gasteiger partial charge in [0.05, 0.1) is 0 Å². The Hall–Kier alpha value is -0.680. The summed E-state index contributed by atoms with van der Waals surface area (Å²) in [7, 11) is 0. The molecular weight excluding hydrogens is 329 g/mol. The van der Waals surface area contributed by atoms with Crippen LogP contribution in [0.2, 0.25) is 0 Å². The van der Waals surface area contributed by atoms with Crippen LogP contribution in [0.3, 0.4) is 0 Å². The third kappa shape index (κ3) is 3.72. The van der Waals surface area contributed by atoms with Gasteiger partial charge in [0.25, 0.3) is 0 Å². The van der Waals surface area contributed by atoms with Crippen molar-refractivity contribution in [1.82, 2.24) is 0 Å². The van der Waals surface area contributed by atoms with Gasteiger partial charge in [-0.05, 0) is 30.0 Å². The lowest BCUT2D eigenvalue weighted by atomic mass is 10.2. The minimum Gasteiger partial charge on any atom is -0.205 e. The highest BCUT2D eigenvalue weighted by Crippen LogP contribution is 2.12. The molecule has 84 valence electrons. The third-order valence-corrected chi connectivity index (χ3v) is 3.10. The summed E-state index contributed by atoms with van der Waals surface area (Å²) in [6.45, 7) is 3.16. The lowest BCUT2D eigenvalue weighted by Crippen LogP contribution is -2.30. The van der Waals surface area contributed by atoms with Gasteiger partial charge in [0.15, 0.2) is 12.4 Å². The van der Waals surface area contributed by atoms with Crippen LogP contribution in [0.5, 0.6) is 0 Å². The van der Waals surface area contributed by atoms with E-state index in [-0.39, 0.29) is 24.0 Å². The first kappa shape index (κ1) is 13.4. The summed E-state index contributed by atoms with van der Waals surface area (Å²) in [4.78, 5) is 1.29. The standard InChI is InChI=1S/C13H14NS.HI/c1-2-14-9-7-12(8-10-14)5-6-13-4-3-11-15-13;/h3-11H,2H2,1H3;1H/q+1;/b6-5+;. The van der Waals surface area contributed by atoms with Gasteiger partial charge in [0, 0.05) is 17.0 Å². The van der Waals surface area contributed by atoms with E-state index in [0.29, 0.717) is 0 Å². The van der Waals surface area contributed by atoms with E-state index in [4.69, 9.17) is 0 Å². The van der Waals surface area contributed by atoms with E-state index in [1.165, 1.54) is 10.4 Å². The maximum absolute atomic E-state index is 2.16. The van der Waals surface area contributed by atoms with Crippen LogP contribution in [-0.2, 0) is 6.54 Å². The van der Waals surface area contributed by atoms with Gasteiger partial charge in [0.2, 0.25) is 0 Å². The highest BCUT2D eigenvalue weighted by Gasteiger charge is 1.94. The number of halogens is 1. The third-order valence-electron chi connectivity index (χ3n) is 2.27. The molecule has 0 aliphatic heterocycles. The Morgan fingerprint density at radius 3 is 2.50 bits per heavy atom. The zero-order valence-corrected chi connectivity index (χ0v) is 12.3. The van der Waals surface area contributed by atoms with Gasteiger partial charge in [-0.2, -0.15) is 0 Å².